The number of halogens is 2. The fourth-order valence-corrected chi connectivity index (χ4v) is 5.90. The highest BCUT2D eigenvalue weighted by atomic mass is 79.9. The van der Waals surface area contributed by atoms with Crippen LogP contribution in [0.3, 0.4) is 0 Å². The molecule has 226 valence electrons. The van der Waals surface area contributed by atoms with Crippen LogP contribution in [-0.4, -0.2) is 28.2 Å². The van der Waals surface area contributed by atoms with Gasteiger partial charge in [-0.3, -0.25) is 0 Å². The fraction of sp³-hybridized carbons (Fsp3) is 0.211. The smallest absolute Gasteiger partial charge is 0.214 e. The van der Waals surface area contributed by atoms with Gasteiger partial charge in [0, 0.05) is 63.6 Å². The molecule has 44 heavy (non-hydrogen) atoms. The molecular formula is C38H40Br2N4. The summed E-state index contributed by atoms with van der Waals surface area (Å²) in [6, 6.07) is 40.0. The molecule has 0 amide bonds. The zero-order valence-electron chi connectivity index (χ0n) is 25.9. The minimum Gasteiger partial charge on any atom is -1.00 e. The van der Waals surface area contributed by atoms with Crippen molar-refractivity contribution in [2.75, 3.05) is 38.0 Å². The number of aromatic nitrogens is 2. The number of para-hydroxylation sites is 2. The fourth-order valence-electron chi connectivity index (χ4n) is 5.90. The summed E-state index contributed by atoms with van der Waals surface area (Å²) in [7, 11) is 8.41. The Hall–Kier alpha value is -3.74. The first kappa shape index (κ1) is 33.2. The third kappa shape index (κ3) is 7.31. The molecule has 0 unspecified atom stereocenters. The van der Waals surface area contributed by atoms with E-state index in [4.69, 9.17) is 0 Å². The third-order valence-corrected chi connectivity index (χ3v) is 8.22. The van der Waals surface area contributed by atoms with Gasteiger partial charge in [0.2, 0.25) is 11.0 Å². The van der Waals surface area contributed by atoms with E-state index in [1.807, 2.05) is 0 Å². The monoisotopic (exact) mass is 710 g/mol. The van der Waals surface area contributed by atoms with Crippen LogP contribution in [0.25, 0.3) is 21.8 Å². The molecule has 0 aliphatic carbocycles. The van der Waals surface area contributed by atoms with Crippen molar-refractivity contribution >= 4 is 33.2 Å². The number of rotatable bonds is 9. The number of hydrogen-bond donors (Lipinski definition) is 0. The minimum absolute atomic E-state index is 0. The first-order valence-electron chi connectivity index (χ1n) is 14.8. The highest BCUT2D eigenvalue weighted by Gasteiger charge is 2.15. The summed E-state index contributed by atoms with van der Waals surface area (Å²) in [5.74, 6) is 0. The Morgan fingerprint density at radius 3 is 1.14 bits per heavy atom. The van der Waals surface area contributed by atoms with Crippen LogP contribution in [0.1, 0.15) is 22.3 Å². The standard InChI is InChI=1S/C38H40N4.2BrH/c1-39(2)35-23-25-41(37-11-7-5-9-33(35)37)27-31-19-15-29(16-20-31)13-14-30-17-21-32(22-18-30)28-42-26-24-36(40(3)4)34-10-6-8-12-38(34)42;;/h5-12,15-26H,13-14,27-28H2,1-4H3;2*1H/q+2;;/p-2. The molecule has 6 rings (SSSR count). The molecule has 6 heteroatoms. The number of anilines is 2. The van der Waals surface area contributed by atoms with Crippen LogP contribution in [0.2, 0.25) is 0 Å². The van der Waals surface area contributed by atoms with Crippen molar-refractivity contribution in [3.05, 3.63) is 144 Å². The van der Waals surface area contributed by atoms with Crippen molar-refractivity contribution < 1.29 is 43.1 Å². The van der Waals surface area contributed by atoms with E-state index in [-0.39, 0.29) is 34.0 Å². The van der Waals surface area contributed by atoms with Gasteiger partial charge in [-0.2, -0.15) is 9.13 Å². The van der Waals surface area contributed by atoms with Gasteiger partial charge in [-0.05, 0) is 36.1 Å². The van der Waals surface area contributed by atoms with Crippen molar-refractivity contribution in [2.45, 2.75) is 25.9 Å². The van der Waals surface area contributed by atoms with Crippen LogP contribution in [0.5, 0.6) is 0 Å². The van der Waals surface area contributed by atoms with Gasteiger partial charge in [-0.15, -0.1) is 0 Å². The number of hydrogen-bond acceptors (Lipinski definition) is 2. The second kappa shape index (κ2) is 14.8. The molecule has 0 N–H and O–H groups in total. The molecule has 0 atom stereocenters. The molecule has 6 aromatic rings. The molecule has 0 spiro atoms. The van der Waals surface area contributed by atoms with Crippen LogP contribution in [0, 0.1) is 0 Å². The van der Waals surface area contributed by atoms with Crippen LogP contribution in [-0.2, 0) is 25.9 Å². The molecule has 2 aromatic heterocycles. The van der Waals surface area contributed by atoms with Gasteiger partial charge >= 0.3 is 0 Å². The Balaban J connectivity index is 0.00000221. The maximum absolute atomic E-state index is 2.34. The molecule has 0 aliphatic heterocycles. The topological polar surface area (TPSA) is 14.2 Å². The molecule has 0 bridgehead atoms. The lowest BCUT2D eigenvalue weighted by molar-refractivity contribution is -0.662. The average molecular weight is 713 g/mol. The van der Waals surface area contributed by atoms with Crippen molar-refractivity contribution in [2.24, 2.45) is 0 Å². The second-order valence-electron chi connectivity index (χ2n) is 11.6. The van der Waals surface area contributed by atoms with Gasteiger partial charge in [-0.1, -0.05) is 72.8 Å². The van der Waals surface area contributed by atoms with Gasteiger partial charge in [0.1, 0.15) is 0 Å². The first-order valence-corrected chi connectivity index (χ1v) is 14.8. The molecule has 0 saturated heterocycles. The predicted octanol–water partition coefficient (Wildman–Crippen LogP) is 0.590. The summed E-state index contributed by atoms with van der Waals surface area (Å²) < 4.78 is 4.69. The van der Waals surface area contributed by atoms with Crippen LogP contribution in [0.15, 0.2) is 122 Å². The summed E-state index contributed by atoms with van der Waals surface area (Å²) in [5, 5.41) is 2.56. The lowest BCUT2D eigenvalue weighted by atomic mass is 10.0. The van der Waals surface area contributed by atoms with Crippen molar-refractivity contribution in [1.29, 1.82) is 0 Å². The van der Waals surface area contributed by atoms with E-state index in [0.717, 1.165) is 25.9 Å². The maximum atomic E-state index is 2.34. The van der Waals surface area contributed by atoms with Crippen molar-refractivity contribution in [1.82, 2.24) is 0 Å². The molecular weight excluding hydrogens is 672 g/mol. The van der Waals surface area contributed by atoms with Crippen molar-refractivity contribution in [3.63, 3.8) is 0 Å². The SMILES string of the molecule is CN(C)c1cc[n+](Cc2ccc(CCc3ccc(C[n+]4ccc(N(C)C)c5ccccc54)cc3)cc2)c2ccccc12.[Br-].[Br-]. The normalized spacial score (nSPS) is 10.7. The second-order valence-corrected chi connectivity index (χ2v) is 11.6. The largest absolute Gasteiger partial charge is 1.00 e. The quantitative estimate of drug-likeness (QED) is 0.204. The number of pyridine rings is 2. The predicted molar refractivity (Wildman–Crippen MR) is 175 cm³/mol. The van der Waals surface area contributed by atoms with E-state index >= 15 is 0 Å². The van der Waals surface area contributed by atoms with E-state index in [9.17, 15) is 0 Å². The summed E-state index contributed by atoms with van der Waals surface area (Å²) in [4.78, 5) is 4.36. The van der Waals surface area contributed by atoms with Gasteiger partial charge in [0.15, 0.2) is 25.5 Å². The third-order valence-electron chi connectivity index (χ3n) is 8.22. The number of aryl methyl sites for hydroxylation is 2. The lowest BCUT2D eigenvalue weighted by Crippen LogP contribution is -3.00. The minimum atomic E-state index is 0. The molecule has 0 fully saturated rings. The van der Waals surface area contributed by atoms with E-state index in [1.54, 1.807) is 0 Å². The molecule has 0 saturated carbocycles. The molecule has 4 aromatic carbocycles. The molecule has 0 aliphatic rings. The van der Waals surface area contributed by atoms with Crippen LogP contribution >= 0.6 is 0 Å². The zero-order valence-corrected chi connectivity index (χ0v) is 29.1. The lowest BCUT2D eigenvalue weighted by Gasteiger charge is -2.14. The Morgan fingerprint density at radius 1 is 0.432 bits per heavy atom. The number of benzene rings is 4. The van der Waals surface area contributed by atoms with E-state index in [0.29, 0.717) is 0 Å². The Labute approximate surface area is 282 Å². The molecule has 0 radical (unpaired) electrons. The summed E-state index contributed by atoms with van der Waals surface area (Å²) in [5.41, 5.74) is 10.4. The first-order chi connectivity index (χ1) is 20.5. The van der Waals surface area contributed by atoms with Gasteiger partial charge in [-0.25, -0.2) is 0 Å². The maximum Gasteiger partial charge on any atom is 0.214 e. The Kier molecular flexibility index (Phi) is 11.2. The van der Waals surface area contributed by atoms with Gasteiger partial charge < -0.3 is 43.8 Å². The summed E-state index contributed by atoms with van der Waals surface area (Å²) >= 11 is 0. The van der Waals surface area contributed by atoms with Crippen LogP contribution < -0.4 is 52.9 Å². The summed E-state index contributed by atoms with van der Waals surface area (Å²) in [6.07, 6.45) is 6.49. The number of nitrogens with zero attached hydrogens (tertiary/aromatic N) is 4. The number of fused-ring (bicyclic) bond motifs is 2. The van der Waals surface area contributed by atoms with Crippen LogP contribution in [0.4, 0.5) is 11.4 Å². The van der Waals surface area contributed by atoms with E-state index in [2.05, 4.69) is 169 Å². The van der Waals surface area contributed by atoms with Gasteiger partial charge in [0.05, 0.1) is 22.1 Å². The van der Waals surface area contributed by atoms with Gasteiger partial charge in [0.25, 0.3) is 0 Å². The van der Waals surface area contributed by atoms with E-state index in [1.165, 1.54) is 55.4 Å². The molecule has 4 nitrogen and oxygen atoms in total. The zero-order chi connectivity index (χ0) is 29.1. The molecule has 2 heterocycles. The van der Waals surface area contributed by atoms with E-state index < -0.39 is 0 Å². The highest BCUT2D eigenvalue weighted by Crippen LogP contribution is 2.24. The van der Waals surface area contributed by atoms with Crippen molar-refractivity contribution in [3.8, 4) is 0 Å². The Morgan fingerprint density at radius 2 is 0.773 bits per heavy atom. The Bertz CT molecular complexity index is 1690. The summed E-state index contributed by atoms with van der Waals surface area (Å²) in [6.45, 7) is 1.72. The highest BCUT2D eigenvalue weighted by molar-refractivity contribution is 5.90. The average Bonchev–Trinajstić information content (AvgIpc) is 3.01.